The number of aryl methyl sites for hydroxylation is 1. The molecule has 1 aliphatic rings. The van der Waals surface area contributed by atoms with Crippen LogP contribution in [0.3, 0.4) is 0 Å². The molecule has 2 aromatic rings. The molecule has 2 heterocycles. The Balaban J connectivity index is 1.66. The molecule has 0 bridgehead atoms. The summed E-state index contributed by atoms with van der Waals surface area (Å²) in [6.07, 6.45) is 0. The van der Waals surface area contributed by atoms with Crippen molar-refractivity contribution < 1.29 is 14.3 Å². The first-order valence-electron chi connectivity index (χ1n) is 6.06. The topological polar surface area (TPSA) is 47.6 Å². The number of carbonyl (C=O) groups excluding carboxylic acids is 1. The van der Waals surface area contributed by atoms with Gasteiger partial charge in [0.25, 0.3) is 5.91 Å². The van der Waals surface area contributed by atoms with E-state index in [4.69, 9.17) is 9.47 Å². The van der Waals surface area contributed by atoms with Gasteiger partial charge in [0.05, 0.1) is 8.66 Å². The third kappa shape index (κ3) is 2.66. The molecule has 3 rings (SSSR count). The molecule has 1 aliphatic heterocycles. The van der Waals surface area contributed by atoms with Gasteiger partial charge in [0, 0.05) is 6.54 Å². The van der Waals surface area contributed by atoms with Crippen LogP contribution >= 0.6 is 27.3 Å². The highest BCUT2D eigenvalue weighted by molar-refractivity contribution is 9.11. The highest BCUT2D eigenvalue weighted by Gasteiger charge is 2.14. The summed E-state index contributed by atoms with van der Waals surface area (Å²) in [4.78, 5) is 12.7. The smallest absolute Gasteiger partial charge is 0.261 e. The highest BCUT2D eigenvalue weighted by atomic mass is 79.9. The van der Waals surface area contributed by atoms with Crippen LogP contribution in [0.25, 0.3) is 0 Å². The molecule has 0 atom stereocenters. The number of fused-ring (bicyclic) bond motifs is 1. The minimum absolute atomic E-state index is 0.0681. The van der Waals surface area contributed by atoms with Gasteiger partial charge in [-0.1, -0.05) is 6.07 Å². The quantitative estimate of drug-likeness (QED) is 0.918. The normalized spacial score (nSPS) is 12.5. The van der Waals surface area contributed by atoms with Gasteiger partial charge in [-0.3, -0.25) is 4.79 Å². The highest BCUT2D eigenvalue weighted by Crippen LogP contribution is 2.32. The van der Waals surface area contributed by atoms with Crippen molar-refractivity contribution in [3.63, 3.8) is 0 Å². The van der Waals surface area contributed by atoms with Crippen LogP contribution in [-0.4, -0.2) is 12.7 Å². The molecule has 4 nitrogen and oxygen atoms in total. The van der Waals surface area contributed by atoms with Crippen LogP contribution < -0.4 is 14.8 Å². The summed E-state index contributed by atoms with van der Waals surface area (Å²) < 4.78 is 11.6. The first kappa shape index (κ1) is 13.5. The Morgan fingerprint density at radius 2 is 2.15 bits per heavy atom. The fourth-order valence-electron chi connectivity index (χ4n) is 1.89. The van der Waals surface area contributed by atoms with Crippen molar-refractivity contribution >= 4 is 33.2 Å². The van der Waals surface area contributed by atoms with Crippen LogP contribution in [0.15, 0.2) is 28.1 Å². The fraction of sp³-hybridized carbons (Fsp3) is 0.214. The van der Waals surface area contributed by atoms with Gasteiger partial charge in [-0.2, -0.15) is 0 Å². The van der Waals surface area contributed by atoms with E-state index in [0.29, 0.717) is 11.4 Å². The molecule has 0 radical (unpaired) electrons. The molecule has 1 aromatic heterocycles. The molecule has 1 N–H and O–H groups in total. The molecule has 1 amide bonds. The van der Waals surface area contributed by atoms with Crippen molar-refractivity contribution in [2.24, 2.45) is 0 Å². The Hall–Kier alpha value is -1.53. The molecule has 0 aliphatic carbocycles. The zero-order chi connectivity index (χ0) is 14.1. The van der Waals surface area contributed by atoms with Gasteiger partial charge < -0.3 is 14.8 Å². The second kappa shape index (κ2) is 5.46. The van der Waals surface area contributed by atoms with Crippen LogP contribution in [0.5, 0.6) is 11.5 Å². The monoisotopic (exact) mass is 353 g/mol. The summed E-state index contributed by atoms with van der Waals surface area (Å²) in [6, 6.07) is 7.54. The van der Waals surface area contributed by atoms with Gasteiger partial charge in [0.15, 0.2) is 11.5 Å². The maximum absolute atomic E-state index is 12.0. The maximum Gasteiger partial charge on any atom is 0.261 e. The molecule has 1 aromatic carbocycles. The summed E-state index contributed by atoms with van der Waals surface area (Å²) in [5, 5.41) is 2.90. The number of halogens is 1. The van der Waals surface area contributed by atoms with Crippen molar-refractivity contribution in [3.05, 3.63) is 44.1 Å². The fourth-order valence-corrected chi connectivity index (χ4v) is 3.34. The Morgan fingerprint density at radius 3 is 2.90 bits per heavy atom. The number of ether oxygens (including phenoxy) is 2. The van der Waals surface area contributed by atoms with Crippen LogP contribution in [0.2, 0.25) is 0 Å². The van der Waals surface area contributed by atoms with Crippen molar-refractivity contribution in [2.75, 3.05) is 6.79 Å². The predicted molar refractivity (Wildman–Crippen MR) is 80.5 cm³/mol. The number of amides is 1. The van der Waals surface area contributed by atoms with Crippen LogP contribution in [-0.2, 0) is 6.54 Å². The Morgan fingerprint density at radius 1 is 1.35 bits per heavy atom. The van der Waals surface area contributed by atoms with E-state index in [1.54, 1.807) is 0 Å². The van der Waals surface area contributed by atoms with Crippen molar-refractivity contribution in [3.8, 4) is 11.5 Å². The summed E-state index contributed by atoms with van der Waals surface area (Å²) in [5.41, 5.74) is 2.05. The lowest BCUT2D eigenvalue weighted by molar-refractivity contribution is 0.0955. The minimum Gasteiger partial charge on any atom is -0.454 e. The predicted octanol–water partition coefficient (Wildman–Crippen LogP) is 3.48. The van der Waals surface area contributed by atoms with E-state index in [0.717, 1.165) is 26.4 Å². The van der Waals surface area contributed by atoms with E-state index in [9.17, 15) is 4.79 Å². The number of hydrogen-bond donors (Lipinski definition) is 1. The second-order valence-corrected chi connectivity index (χ2v) is 6.81. The number of carbonyl (C=O) groups is 1. The van der Waals surface area contributed by atoms with E-state index in [-0.39, 0.29) is 12.7 Å². The average molecular weight is 354 g/mol. The number of benzene rings is 1. The number of thiophene rings is 1. The first-order chi connectivity index (χ1) is 9.63. The van der Waals surface area contributed by atoms with Crippen LogP contribution in [0, 0.1) is 6.92 Å². The molecule has 0 saturated carbocycles. The molecule has 20 heavy (non-hydrogen) atoms. The van der Waals surface area contributed by atoms with Gasteiger partial charge in [-0.05, 0) is 52.2 Å². The molecule has 104 valence electrons. The van der Waals surface area contributed by atoms with E-state index in [2.05, 4.69) is 21.2 Å². The summed E-state index contributed by atoms with van der Waals surface area (Å²) in [6.45, 7) is 2.69. The standard InChI is InChI=1S/C14H12BrNO3S/c1-8-4-12(20-13(8)15)14(17)16-6-9-2-3-10-11(5-9)19-7-18-10/h2-5H,6-7H2,1H3,(H,16,17). The SMILES string of the molecule is Cc1cc(C(=O)NCc2ccc3c(c2)OCO3)sc1Br. The Kier molecular flexibility index (Phi) is 3.67. The maximum atomic E-state index is 12.0. The lowest BCUT2D eigenvalue weighted by Gasteiger charge is -2.05. The number of nitrogens with one attached hydrogen (secondary N) is 1. The summed E-state index contributed by atoms with van der Waals surface area (Å²) in [7, 11) is 0. The van der Waals surface area contributed by atoms with Gasteiger partial charge in [0.2, 0.25) is 6.79 Å². The van der Waals surface area contributed by atoms with E-state index in [1.165, 1.54) is 11.3 Å². The third-order valence-corrected chi connectivity index (χ3v) is 5.11. The zero-order valence-corrected chi connectivity index (χ0v) is 13.1. The number of rotatable bonds is 3. The van der Waals surface area contributed by atoms with Gasteiger partial charge in [0.1, 0.15) is 0 Å². The average Bonchev–Trinajstić information content (AvgIpc) is 3.03. The lowest BCUT2D eigenvalue weighted by Crippen LogP contribution is -2.21. The van der Waals surface area contributed by atoms with Crippen LogP contribution in [0.1, 0.15) is 20.8 Å². The summed E-state index contributed by atoms with van der Waals surface area (Å²) in [5.74, 6) is 1.41. The molecule has 0 unspecified atom stereocenters. The van der Waals surface area contributed by atoms with Crippen molar-refractivity contribution in [2.45, 2.75) is 13.5 Å². The van der Waals surface area contributed by atoms with E-state index < -0.39 is 0 Å². The van der Waals surface area contributed by atoms with E-state index in [1.807, 2.05) is 31.2 Å². The Bertz CT molecular complexity index is 649. The van der Waals surface area contributed by atoms with Crippen molar-refractivity contribution in [1.82, 2.24) is 5.32 Å². The van der Waals surface area contributed by atoms with E-state index >= 15 is 0 Å². The number of hydrogen-bond acceptors (Lipinski definition) is 4. The molecule has 0 fully saturated rings. The van der Waals surface area contributed by atoms with Crippen LogP contribution in [0.4, 0.5) is 0 Å². The first-order valence-corrected chi connectivity index (χ1v) is 7.67. The lowest BCUT2D eigenvalue weighted by atomic mass is 10.2. The van der Waals surface area contributed by atoms with Gasteiger partial charge in [-0.15, -0.1) is 11.3 Å². The molecule has 0 saturated heterocycles. The minimum atomic E-state index is -0.0681. The largest absolute Gasteiger partial charge is 0.454 e. The van der Waals surface area contributed by atoms with Crippen molar-refractivity contribution in [1.29, 1.82) is 0 Å². The van der Waals surface area contributed by atoms with Gasteiger partial charge in [-0.25, -0.2) is 0 Å². The zero-order valence-electron chi connectivity index (χ0n) is 10.7. The molecule has 0 spiro atoms. The van der Waals surface area contributed by atoms with Gasteiger partial charge >= 0.3 is 0 Å². The molecular weight excluding hydrogens is 342 g/mol. The second-order valence-electron chi connectivity index (χ2n) is 4.44. The third-order valence-electron chi connectivity index (χ3n) is 2.97. The molecular formula is C14H12BrNO3S. The summed E-state index contributed by atoms with van der Waals surface area (Å²) >= 11 is 4.86. The molecule has 6 heteroatoms. The Labute approximate surface area is 128 Å².